The first-order valence-electron chi connectivity index (χ1n) is 6.68. The zero-order chi connectivity index (χ0) is 14.9. The van der Waals surface area contributed by atoms with Crippen LogP contribution in [0, 0.1) is 0 Å². The van der Waals surface area contributed by atoms with Crippen LogP contribution in [0.1, 0.15) is 18.6 Å². The molecule has 0 aliphatic heterocycles. The van der Waals surface area contributed by atoms with E-state index in [0.29, 0.717) is 23.9 Å². The van der Waals surface area contributed by atoms with Crippen LogP contribution in [0.25, 0.3) is 11.3 Å². The lowest BCUT2D eigenvalue weighted by molar-refractivity contribution is -0.274. The summed E-state index contributed by atoms with van der Waals surface area (Å²) in [4.78, 5) is 0. The van der Waals surface area contributed by atoms with Gasteiger partial charge in [0.2, 0.25) is 0 Å². The average molecular weight is 297 g/mol. The summed E-state index contributed by atoms with van der Waals surface area (Å²) >= 11 is 0. The number of alkyl halides is 3. The van der Waals surface area contributed by atoms with Gasteiger partial charge in [0, 0.05) is 11.6 Å². The van der Waals surface area contributed by atoms with Gasteiger partial charge in [0.15, 0.2) is 0 Å². The van der Waals surface area contributed by atoms with Crippen LogP contribution in [-0.4, -0.2) is 12.4 Å². The van der Waals surface area contributed by atoms with Crippen molar-refractivity contribution in [2.75, 3.05) is 0 Å². The van der Waals surface area contributed by atoms with Crippen LogP contribution in [0.15, 0.2) is 40.8 Å². The third-order valence-corrected chi connectivity index (χ3v) is 3.16. The topological polar surface area (TPSA) is 34.4 Å². The highest BCUT2D eigenvalue weighted by molar-refractivity contribution is 5.59. The van der Waals surface area contributed by atoms with Gasteiger partial charge in [0.1, 0.15) is 17.3 Å². The first-order chi connectivity index (χ1) is 9.99. The monoisotopic (exact) mass is 297 g/mol. The van der Waals surface area contributed by atoms with E-state index in [4.69, 9.17) is 4.42 Å². The molecule has 0 atom stereocenters. The van der Waals surface area contributed by atoms with Crippen molar-refractivity contribution in [3.05, 3.63) is 42.2 Å². The zero-order valence-corrected chi connectivity index (χ0v) is 11.1. The van der Waals surface area contributed by atoms with Crippen molar-refractivity contribution in [2.45, 2.75) is 31.8 Å². The largest absolute Gasteiger partial charge is 0.573 e. The van der Waals surface area contributed by atoms with Crippen molar-refractivity contribution in [1.29, 1.82) is 0 Å². The molecule has 6 heteroatoms. The maximum atomic E-state index is 12.2. The van der Waals surface area contributed by atoms with E-state index in [2.05, 4.69) is 10.1 Å². The lowest BCUT2D eigenvalue weighted by Gasteiger charge is -2.09. The Bertz CT molecular complexity index is 617. The summed E-state index contributed by atoms with van der Waals surface area (Å²) < 4.78 is 46.2. The van der Waals surface area contributed by atoms with E-state index < -0.39 is 6.36 Å². The number of halogens is 3. The van der Waals surface area contributed by atoms with Gasteiger partial charge in [-0.15, -0.1) is 13.2 Å². The predicted molar refractivity (Wildman–Crippen MR) is 70.7 cm³/mol. The fourth-order valence-electron chi connectivity index (χ4n) is 2.01. The number of benzene rings is 1. The van der Waals surface area contributed by atoms with Crippen molar-refractivity contribution >= 4 is 0 Å². The number of ether oxygens (including phenoxy) is 1. The van der Waals surface area contributed by atoms with Crippen molar-refractivity contribution < 1.29 is 22.3 Å². The second kappa shape index (κ2) is 5.44. The number of rotatable bonds is 5. The van der Waals surface area contributed by atoms with E-state index in [-0.39, 0.29) is 5.75 Å². The van der Waals surface area contributed by atoms with Gasteiger partial charge in [-0.2, -0.15) is 0 Å². The molecule has 0 radical (unpaired) electrons. The highest BCUT2D eigenvalue weighted by Crippen LogP contribution is 2.29. The molecule has 1 aromatic carbocycles. The van der Waals surface area contributed by atoms with E-state index >= 15 is 0 Å². The summed E-state index contributed by atoms with van der Waals surface area (Å²) in [6.07, 6.45) is -2.32. The third kappa shape index (κ3) is 4.01. The van der Waals surface area contributed by atoms with Crippen LogP contribution in [-0.2, 0) is 6.54 Å². The maximum Gasteiger partial charge on any atom is 0.573 e. The second-order valence-electron chi connectivity index (χ2n) is 5.00. The number of hydrogen-bond acceptors (Lipinski definition) is 3. The molecule has 1 saturated carbocycles. The summed E-state index contributed by atoms with van der Waals surface area (Å²) in [6.45, 7) is 0.628. The molecule has 1 aliphatic carbocycles. The molecule has 3 rings (SSSR count). The molecule has 0 bridgehead atoms. The first kappa shape index (κ1) is 14.0. The average Bonchev–Trinajstić information content (AvgIpc) is 3.12. The standard InChI is InChI=1S/C15H14F3NO2/c16-15(17,18)21-12-3-1-2-10(8-12)14-7-6-13(20-14)9-19-11-4-5-11/h1-3,6-8,11,19H,4-5,9H2. The second-order valence-corrected chi connectivity index (χ2v) is 5.00. The molecular formula is C15H14F3NO2. The van der Waals surface area contributed by atoms with E-state index in [1.807, 2.05) is 6.07 Å². The van der Waals surface area contributed by atoms with E-state index in [9.17, 15) is 13.2 Å². The molecule has 1 fully saturated rings. The minimum Gasteiger partial charge on any atom is -0.460 e. The number of nitrogens with one attached hydrogen (secondary N) is 1. The summed E-state index contributed by atoms with van der Waals surface area (Å²) in [5, 5.41) is 3.31. The fourth-order valence-corrected chi connectivity index (χ4v) is 2.01. The van der Waals surface area contributed by atoms with E-state index in [0.717, 1.165) is 5.76 Å². The Balaban J connectivity index is 1.71. The predicted octanol–water partition coefficient (Wildman–Crippen LogP) is 4.10. The Morgan fingerprint density at radius 2 is 2.00 bits per heavy atom. The van der Waals surface area contributed by atoms with Gasteiger partial charge in [0.25, 0.3) is 0 Å². The van der Waals surface area contributed by atoms with Gasteiger partial charge in [-0.25, -0.2) is 0 Å². The molecule has 21 heavy (non-hydrogen) atoms. The number of hydrogen-bond donors (Lipinski definition) is 1. The van der Waals surface area contributed by atoms with Crippen molar-refractivity contribution in [2.24, 2.45) is 0 Å². The molecule has 112 valence electrons. The summed E-state index contributed by atoms with van der Waals surface area (Å²) in [7, 11) is 0. The molecule has 1 N–H and O–H groups in total. The summed E-state index contributed by atoms with van der Waals surface area (Å²) in [6, 6.07) is 9.89. The van der Waals surface area contributed by atoms with Gasteiger partial charge in [-0.3, -0.25) is 0 Å². The Morgan fingerprint density at radius 3 is 2.71 bits per heavy atom. The zero-order valence-electron chi connectivity index (χ0n) is 11.1. The fraction of sp³-hybridized carbons (Fsp3) is 0.333. The van der Waals surface area contributed by atoms with Gasteiger partial charge in [-0.1, -0.05) is 12.1 Å². The molecule has 0 unspecified atom stereocenters. The van der Waals surface area contributed by atoms with Crippen LogP contribution in [0.4, 0.5) is 13.2 Å². The van der Waals surface area contributed by atoms with Gasteiger partial charge in [-0.05, 0) is 37.1 Å². The normalized spacial score (nSPS) is 15.2. The van der Waals surface area contributed by atoms with Crippen LogP contribution in [0.3, 0.4) is 0 Å². The molecular weight excluding hydrogens is 283 g/mol. The lowest BCUT2D eigenvalue weighted by atomic mass is 10.2. The van der Waals surface area contributed by atoms with Crippen LogP contribution >= 0.6 is 0 Å². The SMILES string of the molecule is FC(F)(F)Oc1cccc(-c2ccc(CNC3CC3)o2)c1. The number of furan rings is 1. The summed E-state index contributed by atoms with van der Waals surface area (Å²) in [5.74, 6) is 1.03. The Morgan fingerprint density at radius 1 is 1.19 bits per heavy atom. The highest BCUT2D eigenvalue weighted by Gasteiger charge is 2.31. The Hall–Kier alpha value is -1.95. The molecule has 2 aromatic rings. The molecule has 0 amide bonds. The van der Waals surface area contributed by atoms with Crippen molar-refractivity contribution in [3.63, 3.8) is 0 Å². The molecule has 1 aromatic heterocycles. The smallest absolute Gasteiger partial charge is 0.460 e. The minimum atomic E-state index is -4.69. The molecule has 1 aliphatic rings. The van der Waals surface area contributed by atoms with Crippen LogP contribution in [0.5, 0.6) is 5.75 Å². The maximum absolute atomic E-state index is 12.2. The van der Waals surface area contributed by atoms with E-state index in [1.165, 1.54) is 31.0 Å². The van der Waals surface area contributed by atoms with Crippen LogP contribution < -0.4 is 10.1 Å². The van der Waals surface area contributed by atoms with Gasteiger partial charge in [0.05, 0.1) is 6.54 Å². The quantitative estimate of drug-likeness (QED) is 0.902. The molecule has 0 spiro atoms. The van der Waals surface area contributed by atoms with Crippen LogP contribution in [0.2, 0.25) is 0 Å². The van der Waals surface area contributed by atoms with Crippen molar-refractivity contribution in [3.8, 4) is 17.1 Å². The van der Waals surface area contributed by atoms with Crippen molar-refractivity contribution in [1.82, 2.24) is 5.32 Å². The minimum absolute atomic E-state index is 0.256. The lowest BCUT2D eigenvalue weighted by Crippen LogP contribution is -2.17. The molecule has 3 nitrogen and oxygen atoms in total. The van der Waals surface area contributed by atoms with E-state index in [1.54, 1.807) is 12.1 Å². The highest BCUT2D eigenvalue weighted by atomic mass is 19.4. The molecule has 0 saturated heterocycles. The van der Waals surface area contributed by atoms with Gasteiger partial charge < -0.3 is 14.5 Å². The first-order valence-corrected chi connectivity index (χ1v) is 6.68. The Labute approximate surface area is 119 Å². The molecule has 1 heterocycles. The third-order valence-electron chi connectivity index (χ3n) is 3.16. The Kier molecular flexibility index (Phi) is 3.63. The van der Waals surface area contributed by atoms with Gasteiger partial charge >= 0.3 is 6.36 Å². The summed E-state index contributed by atoms with van der Waals surface area (Å²) in [5.41, 5.74) is 0.550.